The molecule has 2 aromatic carbocycles. The number of hydrogen-bond acceptors (Lipinski definition) is 4. The van der Waals surface area contributed by atoms with E-state index in [1.165, 1.54) is 0 Å². The first kappa shape index (κ1) is 19.4. The topological polar surface area (TPSA) is 95.9 Å². The third-order valence-electron chi connectivity index (χ3n) is 5.01. The van der Waals surface area contributed by atoms with E-state index in [2.05, 4.69) is 5.32 Å². The summed E-state index contributed by atoms with van der Waals surface area (Å²) in [7, 11) is 0. The molecule has 146 valence electrons. The summed E-state index contributed by atoms with van der Waals surface area (Å²) >= 11 is 0. The second kappa shape index (κ2) is 8.56. The second-order valence-electron chi connectivity index (χ2n) is 6.70. The maximum atomic E-state index is 13.4. The summed E-state index contributed by atoms with van der Waals surface area (Å²) in [4.78, 5) is 37.8. The Morgan fingerprint density at radius 1 is 1.14 bits per heavy atom. The van der Waals surface area contributed by atoms with Gasteiger partial charge in [0.25, 0.3) is 0 Å². The fourth-order valence-electron chi connectivity index (χ4n) is 3.43. The average Bonchev–Trinajstić information content (AvgIpc) is 3.10. The van der Waals surface area contributed by atoms with Crippen LogP contribution in [-0.4, -0.2) is 41.3 Å². The van der Waals surface area contributed by atoms with Gasteiger partial charge in [0.15, 0.2) is 0 Å². The fourth-order valence-corrected chi connectivity index (χ4v) is 3.43. The number of rotatable bonds is 6. The van der Waals surface area contributed by atoms with Crippen LogP contribution in [0.2, 0.25) is 0 Å². The van der Waals surface area contributed by atoms with Crippen molar-refractivity contribution in [3.05, 3.63) is 71.8 Å². The van der Waals surface area contributed by atoms with Crippen molar-refractivity contribution in [3.8, 4) is 0 Å². The smallest absolute Gasteiger partial charge is 0.417 e. The Kier molecular flexibility index (Phi) is 5.93. The number of ether oxygens (including phenoxy) is 1. The minimum absolute atomic E-state index is 0.0768. The Balaban J connectivity index is 1.90. The lowest BCUT2D eigenvalue weighted by Crippen LogP contribution is -2.44. The maximum Gasteiger partial charge on any atom is 0.417 e. The molecule has 3 rings (SSSR count). The number of hydrogen-bond donors (Lipinski definition) is 2. The number of cyclic esters (lactones) is 1. The van der Waals surface area contributed by atoms with Gasteiger partial charge in [-0.15, -0.1) is 0 Å². The van der Waals surface area contributed by atoms with Gasteiger partial charge in [-0.05, 0) is 17.0 Å². The molecule has 3 atom stereocenters. The van der Waals surface area contributed by atoms with Crippen molar-refractivity contribution in [1.29, 1.82) is 0 Å². The molecule has 0 aliphatic carbocycles. The van der Waals surface area contributed by atoms with Gasteiger partial charge in [0.1, 0.15) is 12.6 Å². The SMILES string of the molecule is C[C@@H](c1ccccc1)[C@@H](CNC(=O)O)C(=O)N1C(=O)OCC1c1ccccc1. The summed E-state index contributed by atoms with van der Waals surface area (Å²) in [5.74, 6) is -1.51. The summed E-state index contributed by atoms with van der Waals surface area (Å²) in [6.45, 7) is 1.82. The summed E-state index contributed by atoms with van der Waals surface area (Å²) < 4.78 is 5.14. The highest BCUT2D eigenvalue weighted by molar-refractivity contribution is 5.95. The molecule has 0 saturated carbocycles. The molecule has 2 N–H and O–H groups in total. The first-order chi connectivity index (χ1) is 13.5. The quantitative estimate of drug-likeness (QED) is 0.798. The zero-order chi connectivity index (χ0) is 20.1. The van der Waals surface area contributed by atoms with Crippen molar-refractivity contribution in [2.45, 2.75) is 18.9 Å². The molecule has 1 aliphatic rings. The van der Waals surface area contributed by atoms with Crippen LogP contribution in [0.1, 0.15) is 30.0 Å². The summed E-state index contributed by atoms with van der Waals surface area (Å²) in [6, 6.07) is 18.0. The minimum atomic E-state index is -1.22. The Morgan fingerprint density at radius 2 is 1.75 bits per heavy atom. The van der Waals surface area contributed by atoms with E-state index in [1.54, 1.807) is 0 Å². The molecule has 7 nitrogen and oxygen atoms in total. The van der Waals surface area contributed by atoms with Crippen molar-refractivity contribution < 1.29 is 24.2 Å². The van der Waals surface area contributed by atoms with Gasteiger partial charge in [0.2, 0.25) is 5.91 Å². The van der Waals surface area contributed by atoms with Crippen LogP contribution in [0.5, 0.6) is 0 Å². The fraction of sp³-hybridized carbons (Fsp3) is 0.286. The van der Waals surface area contributed by atoms with E-state index in [-0.39, 0.29) is 19.1 Å². The Bertz CT molecular complexity index is 840. The lowest BCUT2D eigenvalue weighted by atomic mass is 9.86. The minimum Gasteiger partial charge on any atom is -0.465 e. The number of nitrogens with one attached hydrogen (secondary N) is 1. The molecule has 2 aromatic rings. The molecule has 28 heavy (non-hydrogen) atoms. The number of nitrogens with zero attached hydrogens (tertiary/aromatic N) is 1. The molecule has 1 heterocycles. The summed E-state index contributed by atoms with van der Waals surface area (Å²) in [6.07, 6.45) is -1.93. The normalized spacial score (nSPS) is 18.2. The van der Waals surface area contributed by atoms with Gasteiger partial charge in [0, 0.05) is 6.54 Å². The van der Waals surface area contributed by atoms with Gasteiger partial charge >= 0.3 is 12.2 Å². The van der Waals surface area contributed by atoms with Gasteiger partial charge < -0.3 is 15.2 Å². The van der Waals surface area contributed by atoms with Gasteiger partial charge in [0.05, 0.1) is 5.92 Å². The third kappa shape index (κ3) is 4.14. The van der Waals surface area contributed by atoms with Crippen molar-refractivity contribution in [3.63, 3.8) is 0 Å². The van der Waals surface area contributed by atoms with Crippen LogP contribution in [0.15, 0.2) is 60.7 Å². The number of carbonyl (C=O) groups is 3. The predicted octanol–water partition coefficient (Wildman–Crippen LogP) is 3.39. The Morgan fingerprint density at radius 3 is 2.36 bits per heavy atom. The van der Waals surface area contributed by atoms with E-state index in [0.717, 1.165) is 16.0 Å². The number of carbonyl (C=O) groups excluding carboxylic acids is 2. The zero-order valence-electron chi connectivity index (χ0n) is 15.4. The van der Waals surface area contributed by atoms with Gasteiger partial charge in [-0.3, -0.25) is 4.79 Å². The van der Waals surface area contributed by atoms with E-state index in [4.69, 9.17) is 9.84 Å². The zero-order valence-corrected chi connectivity index (χ0v) is 15.4. The number of carboxylic acid groups (broad SMARTS) is 1. The second-order valence-corrected chi connectivity index (χ2v) is 6.70. The molecule has 7 heteroatoms. The highest BCUT2D eigenvalue weighted by Gasteiger charge is 2.43. The largest absolute Gasteiger partial charge is 0.465 e. The van der Waals surface area contributed by atoms with Crippen LogP contribution in [-0.2, 0) is 9.53 Å². The molecule has 0 radical (unpaired) electrons. The molecule has 1 unspecified atom stereocenters. The van der Waals surface area contributed by atoms with E-state index in [1.807, 2.05) is 67.6 Å². The maximum absolute atomic E-state index is 13.4. The van der Waals surface area contributed by atoms with E-state index in [0.29, 0.717) is 0 Å². The van der Waals surface area contributed by atoms with Crippen molar-refractivity contribution in [2.75, 3.05) is 13.2 Å². The van der Waals surface area contributed by atoms with Gasteiger partial charge in [-0.25, -0.2) is 14.5 Å². The number of amides is 3. The Hall–Kier alpha value is -3.35. The molecule has 0 spiro atoms. The monoisotopic (exact) mass is 382 g/mol. The third-order valence-corrected chi connectivity index (χ3v) is 5.01. The lowest BCUT2D eigenvalue weighted by Gasteiger charge is -2.29. The first-order valence-corrected chi connectivity index (χ1v) is 9.05. The lowest BCUT2D eigenvalue weighted by molar-refractivity contribution is -0.134. The molecular formula is C21H22N2O5. The number of benzene rings is 2. The van der Waals surface area contributed by atoms with Crippen molar-refractivity contribution in [2.24, 2.45) is 5.92 Å². The molecule has 0 bridgehead atoms. The van der Waals surface area contributed by atoms with Crippen LogP contribution in [0.4, 0.5) is 9.59 Å². The van der Waals surface area contributed by atoms with Gasteiger partial charge in [-0.2, -0.15) is 0 Å². The Labute approximate surface area is 162 Å². The van der Waals surface area contributed by atoms with Crippen molar-refractivity contribution in [1.82, 2.24) is 10.2 Å². The van der Waals surface area contributed by atoms with Crippen LogP contribution in [0, 0.1) is 5.92 Å². The van der Waals surface area contributed by atoms with E-state index < -0.39 is 30.1 Å². The highest BCUT2D eigenvalue weighted by atomic mass is 16.6. The first-order valence-electron chi connectivity index (χ1n) is 9.05. The molecular weight excluding hydrogens is 360 g/mol. The number of imide groups is 1. The van der Waals surface area contributed by atoms with Crippen LogP contribution in [0.3, 0.4) is 0 Å². The van der Waals surface area contributed by atoms with Gasteiger partial charge in [-0.1, -0.05) is 67.6 Å². The average molecular weight is 382 g/mol. The summed E-state index contributed by atoms with van der Waals surface area (Å²) in [5, 5.41) is 11.3. The van der Waals surface area contributed by atoms with Crippen LogP contribution < -0.4 is 5.32 Å². The van der Waals surface area contributed by atoms with Crippen LogP contribution in [0.25, 0.3) is 0 Å². The molecule has 1 fully saturated rings. The predicted molar refractivity (Wildman–Crippen MR) is 102 cm³/mol. The standard InChI is InChI=1S/C21H22N2O5/c1-14(15-8-4-2-5-9-15)17(12-22-20(25)26)19(24)23-18(13-28-21(23)27)16-10-6-3-7-11-16/h2-11,14,17-18,22H,12-13H2,1H3,(H,25,26)/t14-,17+,18?/m0/s1. The molecule has 3 amide bonds. The molecule has 1 aliphatic heterocycles. The summed E-state index contributed by atoms with van der Waals surface area (Å²) in [5.41, 5.74) is 1.68. The molecule has 1 saturated heterocycles. The highest BCUT2D eigenvalue weighted by Crippen LogP contribution is 2.33. The van der Waals surface area contributed by atoms with Crippen LogP contribution >= 0.6 is 0 Å². The van der Waals surface area contributed by atoms with E-state index >= 15 is 0 Å². The molecule has 0 aromatic heterocycles. The van der Waals surface area contributed by atoms with Crippen molar-refractivity contribution >= 4 is 18.1 Å². The van der Waals surface area contributed by atoms with E-state index in [9.17, 15) is 14.4 Å².